The van der Waals surface area contributed by atoms with E-state index in [9.17, 15) is 0 Å². The summed E-state index contributed by atoms with van der Waals surface area (Å²) < 4.78 is 7.12. The smallest absolute Gasteiger partial charge is 0.178 e. The zero-order valence-corrected chi connectivity index (χ0v) is 19.9. The van der Waals surface area contributed by atoms with Crippen LogP contribution in [-0.2, 0) is 20.4 Å². The normalized spacial score (nSPS) is 15.9. The first-order chi connectivity index (χ1) is 14.3. The van der Waals surface area contributed by atoms with Crippen LogP contribution in [0.2, 0.25) is 0 Å². The standard InChI is InChI=1S/C18H12O.C10H15.Ti/c1-3-7-13(8-4-1)15-11-12-16-18(19-16)17(15)14-9-5-2-6-10-14;1-7-6-10(4,5)9(3)8(7)2;/h1-12H;1-5H3;. The second kappa shape index (κ2) is 8.06. The average molecular weight is 427 g/mol. The first-order valence-electron chi connectivity index (χ1n) is 10.4. The van der Waals surface area contributed by atoms with Crippen molar-refractivity contribution in [3.63, 3.8) is 0 Å². The fourth-order valence-corrected chi connectivity index (χ4v) is 4.66. The zero-order chi connectivity index (χ0) is 21.5. The fraction of sp³-hybridized carbons (Fsp3) is 0.214. The summed E-state index contributed by atoms with van der Waals surface area (Å²) in [6.45, 7) is 11.3. The van der Waals surface area contributed by atoms with Gasteiger partial charge in [-0.1, -0.05) is 60.7 Å². The van der Waals surface area contributed by atoms with Crippen LogP contribution in [0.3, 0.4) is 0 Å². The summed E-state index contributed by atoms with van der Waals surface area (Å²) in [5, 5.41) is 0. The number of hydrogen-bond donors (Lipinski definition) is 0. The van der Waals surface area contributed by atoms with Crippen LogP contribution in [0.15, 0.2) is 93.4 Å². The molecule has 0 atom stereocenters. The van der Waals surface area contributed by atoms with Crippen molar-refractivity contribution in [1.82, 2.24) is 0 Å². The molecule has 0 N–H and O–H groups in total. The number of benzene rings is 3. The number of hydrogen-bond acceptors (Lipinski definition) is 1. The summed E-state index contributed by atoms with van der Waals surface area (Å²) in [6.07, 6.45) is 0. The van der Waals surface area contributed by atoms with Crippen molar-refractivity contribution in [2.24, 2.45) is 5.41 Å². The number of allylic oxidation sites excluding steroid dienone is 4. The third-order valence-corrected chi connectivity index (χ3v) is 8.06. The third-order valence-electron chi connectivity index (χ3n) is 6.50. The zero-order valence-electron chi connectivity index (χ0n) is 18.3. The Morgan fingerprint density at radius 3 is 1.73 bits per heavy atom. The van der Waals surface area contributed by atoms with E-state index in [0.717, 1.165) is 11.5 Å². The molecule has 3 aromatic rings. The predicted molar refractivity (Wildman–Crippen MR) is 122 cm³/mol. The Hall–Kier alpha value is -2.35. The topological polar surface area (TPSA) is 12.5 Å². The fourth-order valence-electron chi connectivity index (χ4n) is 4.08. The summed E-state index contributed by atoms with van der Waals surface area (Å²) in [4.78, 5) is 0. The van der Waals surface area contributed by atoms with Crippen LogP contribution < -0.4 is 4.74 Å². The molecule has 0 saturated carbocycles. The van der Waals surface area contributed by atoms with Crippen LogP contribution in [0.5, 0.6) is 11.5 Å². The average Bonchev–Trinajstić information content (AvgIpc) is 3.55. The van der Waals surface area contributed by atoms with Crippen molar-refractivity contribution >= 4 is 0 Å². The molecule has 0 spiro atoms. The quantitative estimate of drug-likeness (QED) is 0.231. The molecule has 0 unspecified atom stereocenters. The molecule has 0 fully saturated rings. The van der Waals surface area contributed by atoms with Gasteiger partial charge >= 0.3 is 81.1 Å². The maximum atomic E-state index is 5.59. The minimum atomic E-state index is 0.314. The van der Waals surface area contributed by atoms with Crippen LogP contribution >= 0.6 is 0 Å². The van der Waals surface area contributed by atoms with E-state index in [2.05, 4.69) is 110 Å². The molecule has 0 bridgehead atoms. The molecule has 0 saturated heterocycles. The van der Waals surface area contributed by atoms with Crippen LogP contribution in [0.25, 0.3) is 22.3 Å². The Labute approximate surface area is 191 Å². The number of ether oxygens (including phenoxy) is 1. The summed E-state index contributed by atoms with van der Waals surface area (Å²) in [6, 6.07) is 25.0. The molecule has 2 aliphatic rings. The summed E-state index contributed by atoms with van der Waals surface area (Å²) in [7, 11) is 0. The van der Waals surface area contributed by atoms with E-state index >= 15 is 0 Å². The molecule has 30 heavy (non-hydrogen) atoms. The van der Waals surface area contributed by atoms with Gasteiger partial charge in [0.2, 0.25) is 0 Å². The Morgan fingerprint density at radius 2 is 1.27 bits per heavy atom. The van der Waals surface area contributed by atoms with E-state index in [-0.39, 0.29) is 0 Å². The Morgan fingerprint density at radius 1 is 0.700 bits per heavy atom. The minimum Gasteiger partial charge on any atom is -0.449 e. The van der Waals surface area contributed by atoms with Crippen molar-refractivity contribution in [3.8, 4) is 33.8 Å². The second-order valence-electron chi connectivity index (χ2n) is 8.52. The predicted octanol–water partition coefficient (Wildman–Crippen LogP) is 8.31. The number of rotatable bonds is 2. The Balaban J connectivity index is 0.000000170. The van der Waals surface area contributed by atoms with E-state index in [1.165, 1.54) is 42.9 Å². The SMILES string of the molecule is CC1=C(C)C(C)(C)[C]([Ti])=C1C.c1ccc(-c2ccc3c(c2-c2ccccc2)O3)cc1. The van der Waals surface area contributed by atoms with E-state index in [4.69, 9.17) is 4.74 Å². The maximum Gasteiger partial charge on any atom is 0.178 e. The van der Waals surface area contributed by atoms with Crippen molar-refractivity contribution in [2.75, 3.05) is 0 Å². The molecule has 2 heteroatoms. The van der Waals surface area contributed by atoms with Crippen molar-refractivity contribution in [2.45, 2.75) is 34.6 Å². The van der Waals surface area contributed by atoms with Gasteiger partial charge in [0.15, 0.2) is 11.5 Å². The van der Waals surface area contributed by atoms with E-state index in [1.54, 1.807) is 0 Å². The Kier molecular flexibility index (Phi) is 5.62. The molecule has 3 aromatic carbocycles. The molecule has 0 amide bonds. The van der Waals surface area contributed by atoms with Crippen molar-refractivity contribution in [1.29, 1.82) is 0 Å². The summed E-state index contributed by atoms with van der Waals surface area (Å²) >= 11 is 2.25. The summed E-state index contributed by atoms with van der Waals surface area (Å²) in [5.74, 6) is 2.02. The third kappa shape index (κ3) is 3.73. The molecular formula is C28H27OTi. The molecule has 0 aromatic heterocycles. The van der Waals surface area contributed by atoms with E-state index in [0.29, 0.717) is 5.41 Å². The van der Waals surface area contributed by atoms with Crippen LogP contribution in [-0.4, -0.2) is 0 Å². The van der Waals surface area contributed by atoms with Gasteiger partial charge in [-0.3, -0.25) is 0 Å². The van der Waals surface area contributed by atoms with Gasteiger partial charge in [0.25, 0.3) is 0 Å². The molecule has 0 radical (unpaired) electrons. The molecule has 1 aliphatic heterocycles. The van der Waals surface area contributed by atoms with E-state index < -0.39 is 0 Å². The maximum absolute atomic E-state index is 5.59. The van der Waals surface area contributed by atoms with Crippen molar-refractivity contribution < 1.29 is 25.2 Å². The first-order valence-corrected chi connectivity index (χ1v) is 11.2. The van der Waals surface area contributed by atoms with Crippen LogP contribution in [0.1, 0.15) is 34.6 Å². The molecule has 1 heterocycles. The van der Waals surface area contributed by atoms with Gasteiger partial charge < -0.3 is 4.74 Å². The van der Waals surface area contributed by atoms with Gasteiger partial charge in [-0.05, 0) is 28.8 Å². The van der Waals surface area contributed by atoms with Gasteiger partial charge in [0, 0.05) is 5.56 Å². The second-order valence-corrected chi connectivity index (χ2v) is 9.31. The molecule has 5 rings (SSSR count). The van der Waals surface area contributed by atoms with E-state index in [1.807, 2.05) is 18.2 Å². The van der Waals surface area contributed by atoms with Gasteiger partial charge in [0.05, 0.1) is 0 Å². The molecule has 1 nitrogen and oxygen atoms in total. The summed E-state index contributed by atoms with van der Waals surface area (Å²) in [5.41, 5.74) is 9.68. The van der Waals surface area contributed by atoms with Crippen LogP contribution in [0.4, 0.5) is 0 Å². The Bertz CT molecular complexity index is 1130. The van der Waals surface area contributed by atoms with Gasteiger partial charge in [-0.15, -0.1) is 0 Å². The monoisotopic (exact) mass is 427 g/mol. The first kappa shape index (κ1) is 20.9. The van der Waals surface area contributed by atoms with Gasteiger partial charge in [0.1, 0.15) is 0 Å². The van der Waals surface area contributed by atoms with Gasteiger partial charge in [-0.2, -0.15) is 0 Å². The van der Waals surface area contributed by atoms with Crippen molar-refractivity contribution in [3.05, 3.63) is 93.4 Å². The largest absolute Gasteiger partial charge is 0.449 e. The van der Waals surface area contributed by atoms with Crippen LogP contribution in [0, 0.1) is 5.41 Å². The van der Waals surface area contributed by atoms with Gasteiger partial charge in [-0.25, -0.2) is 0 Å². The molecular weight excluding hydrogens is 400 g/mol. The minimum absolute atomic E-state index is 0.314. The molecule has 149 valence electrons. The molecule has 1 aliphatic carbocycles. The number of fused-ring (bicyclic) bond motifs is 1.